The van der Waals surface area contributed by atoms with Crippen LogP contribution < -0.4 is 5.30 Å². The first kappa shape index (κ1) is 15.3. The van der Waals surface area contributed by atoms with E-state index in [1.54, 1.807) is 12.1 Å². The molecule has 1 fully saturated rings. The summed E-state index contributed by atoms with van der Waals surface area (Å²) >= 11 is 0. The number of rotatable bonds is 3. The first-order chi connectivity index (χ1) is 11.8. The van der Waals surface area contributed by atoms with Gasteiger partial charge in [0.1, 0.15) is 12.2 Å². The van der Waals surface area contributed by atoms with Crippen LogP contribution >= 0.6 is 7.60 Å². The molecule has 0 aliphatic carbocycles. The molecular weight excluding hydrogens is 319 g/mol. The van der Waals surface area contributed by atoms with Crippen LogP contribution in [0.15, 0.2) is 91.0 Å². The maximum atomic E-state index is 13.3. The predicted molar refractivity (Wildman–Crippen MR) is 94.2 cm³/mol. The Balaban J connectivity index is 1.77. The molecular formula is C20H17O3P. The Kier molecular flexibility index (Phi) is 4.07. The van der Waals surface area contributed by atoms with Gasteiger partial charge in [-0.2, -0.15) is 0 Å². The van der Waals surface area contributed by atoms with E-state index in [9.17, 15) is 4.57 Å². The second-order valence-corrected chi connectivity index (χ2v) is 7.64. The van der Waals surface area contributed by atoms with Crippen LogP contribution in [0.5, 0.6) is 0 Å². The lowest BCUT2D eigenvalue weighted by Gasteiger charge is -2.16. The quantitative estimate of drug-likeness (QED) is 0.629. The molecule has 1 saturated heterocycles. The highest BCUT2D eigenvalue weighted by Crippen LogP contribution is 2.64. The van der Waals surface area contributed by atoms with Gasteiger partial charge >= 0.3 is 7.60 Å². The Labute approximate surface area is 141 Å². The minimum Gasteiger partial charge on any atom is -0.294 e. The minimum atomic E-state index is -3.37. The molecule has 120 valence electrons. The molecule has 3 aromatic carbocycles. The van der Waals surface area contributed by atoms with Crippen molar-refractivity contribution in [3.05, 3.63) is 102 Å². The summed E-state index contributed by atoms with van der Waals surface area (Å²) in [7, 11) is -3.37. The van der Waals surface area contributed by atoms with E-state index >= 15 is 0 Å². The van der Waals surface area contributed by atoms with E-state index in [1.807, 2.05) is 78.9 Å². The molecule has 0 aromatic heterocycles. The van der Waals surface area contributed by atoms with Crippen LogP contribution in [0.4, 0.5) is 0 Å². The van der Waals surface area contributed by atoms with Crippen molar-refractivity contribution in [1.29, 1.82) is 0 Å². The van der Waals surface area contributed by atoms with Gasteiger partial charge in [0.05, 0.1) is 5.30 Å². The maximum absolute atomic E-state index is 13.3. The minimum absolute atomic E-state index is 0.403. The van der Waals surface area contributed by atoms with E-state index < -0.39 is 19.8 Å². The average molecular weight is 336 g/mol. The molecule has 2 atom stereocenters. The largest absolute Gasteiger partial charge is 0.362 e. The van der Waals surface area contributed by atoms with Crippen molar-refractivity contribution >= 4 is 12.9 Å². The lowest BCUT2D eigenvalue weighted by atomic mass is 9.99. The Morgan fingerprint density at radius 1 is 0.583 bits per heavy atom. The van der Waals surface area contributed by atoms with Crippen LogP contribution in [0.1, 0.15) is 23.3 Å². The third-order valence-electron chi connectivity index (χ3n) is 4.11. The first-order valence-electron chi connectivity index (χ1n) is 7.89. The standard InChI is InChI=1S/C20H17O3P/c21-24(18-14-8-3-9-15-18)22-19(16-10-4-1-5-11-16)20(23-24)17-12-6-2-7-13-17/h1-15,19-20H. The Morgan fingerprint density at radius 2 is 0.958 bits per heavy atom. The highest BCUT2D eigenvalue weighted by Gasteiger charge is 2.46. The fourth-order valence-electron chi connectivity index (χ4n) is 2.92. The molecule has 0 radical (unpaired) electrons. The smallest absolute Gasteiger partial charge is 0.294 e. The van der Waals surface area contributed by atoms with Crippen molar-refractivity contribution < 1.29 is 13.6 Å². The fraction of sp³-hybridized carbons (Fsp3) is 0.100. The number of hydrogen-bond acceptors (Lipinski definition) is 3. The van der Waals surface area contributed by atoms with Gasteiger partial charge < -0.3 is 0 Å². The molecule has 3 aromatic rings. The Bertz CT molecular complexity index is 798. The molecule has 4 heteroatoms. The van der Waals surface area contributed by atoms with E-state index in [0.29, 0.717) is 5.30 Å². The highest BCUT2D eigenvalue weighted by atomic mass is 31.2. The summed E-state index contributed by atoms with van der Waals surface area (Å²) in [5.74, 6) is 0. The molecule has 0 saturated carbocycles. The van der Waals surface area contributed by atoms with Crippen LogP contribution in [-0.2, 0) is 13.6 Å². The van der Waals surface area contributed by atoms with Gasteiger partial charge in [-0.25, -0.2) is 0 Å². The molecule has 0 amide bonds. The van der Waals surface area contributed by atoms with Crippen LogP contribution in [0.3, 0.4) is 0 Å². The van der Waals surface area contributed by atoms with Gasteiger partial charge in [0.25, 0.3) is 0 Å². The predicted octanol–water partition coefficient (Wildman–Crippen LogP) is 5.03. The van der Waals surface area contributed by atoms with Crippen molar-refractivity contribution in [1.82, 2.24) is 0 Å². The van der Waals surface area contributed by atoms with E-state index in [0.717, 1.165) is 11.1 Å². The van der Waals surface area contributed by atoms with Crippen LogP contribution in [-0.4, -0.2) is 0 Å². The molecule has 24 heavy (non-hydrogen) atoms. The summed E-state index contributed by atoms with van der Waals surface area (Å²) < 4.78 is 25.4. The Hall–Kier alpha value is -2.19. The molecule has 3 nitrogen and oxygen atoms in total. The molecule has 1 aliphatic heterocycles. The van der Waals surface area contributed by atoms with Crippen LogP contribution in [0.2, 0.25) is 0 Å². The number of hydrogen-bond donors (Lipinski definition) is 0. The maximum Gasteiger partial charge on any atom is 0.362 e. The summed E-state index contributed by atoms with van der Waals surface area (Å²) in [6.07, 6.45) is -0.806. The van der Waals surface area contributed by atoms with Crippen LogP contribution in [0, 0.1) is 0 Å². The van der Waals surface area contributed by atoms with Gasteiger partial charge in [0.2, 0.25) is 0 Å². The third-order valence-corrected chi connectivity index (χ3v) is 6.05. The van der Waals surface area contributed by atoms with Crippen molar-refractivity contribution in [2.24, 2.45) is 0 Å². The summed E-state index contributed by atoms with van der Waals surface area (Å²) in [5.41, 5.74) is 1.92. The number of benzene rings is 3. The van der Waals surface area contributed by atoms with E-state index in [-0.39, 0.29) is 0 Å². The molecule has 1 heterocycles. The van der Waals surface area contributed by atoms with Crippen molar-refractivity contribution in [2.75, 3.05) is 0 Å². The first-order valence-corrected chi connectivity index (χ1v) is 9.43. The molecule has 2 unspecified atom stereocenters. The van der Waals surface area contributed by atoms with Gasteiger partial charge in [-0.1, -0.05) is 78.9 Å². The highest BCUT2D eigenvalue weighted by molar-refractivity contribution is 7.62. The van der Waals surface area contributed by atoms with E-state index in [1.165, 1.54) is 0 Å². The zero-order valence-electron chi connectivity index (χ0n) is 13.0. The third kappa shape index (κ3) is 2.83. The second kappa shape index (κ2) is 6.37. The van der Waals surface area contributed by atoms with Gasteiger partial charge in [-0.15, -0.1) is 0 Å². The summed E-state index contributed by atoms with van der Waals surface area (Å²) in [5, 5.41) is 0.587. The van der Waals surface area contributed by atoms with Crippen molar-refractivity contribution in [2.45, 2.75) is 12.2 Å². The molecule has 0 bridgehead atoms. The average Bonchev–Trinajstić information content (AvgIpc) is 3.03. The van der Waals surface area contributed by atoms with Gasteiger partial charge in [-0.3, -0.25) is 13.6 Å². The zero-order valence-corrected chi connectivity index (χ0v) is 13.9. The second-order valence-electron chi connectivity index (χ2n) is 5.71. The lowest BCUT2D eigenvalue weighted by Crippen LogP contribution is -2.06. The molecule has 0 N–H and O–H groups in total. The van der Waals surface area contributed by atoms with Gasteiger partial charge in [-0.05, 0) is 23.3 Å². The SMILES string of the molecule is O=P1(c2ccccc2)OC(c2ccccc2)C(c2ccccc2)O1. The van der Waals surface area contributed by atoms with Crippen LogP contribution in [0.25, 0.3) is 0 Å². The van der Waals surface area contributed by atoms with Gasteiger partial charge in [0.15, 0.2) is 0 Å². The van der Waals surface area contributed by atoms with Crippen molar-refractivity contribution in [3.8, 4) is 0 Å². The molecule has 0 spiro atoms. The van der Waals surface area contributed by atoms with Crippen molar-refractivity contribution in [3.63, 3.8) is 0 Å². The summed E-state index contributed by atoms with van der Waals surface area (Å²) in [6.45, 7) is 0. The van der Waals surface area contributed by atoms with Gasteiger partial charge in [0, 0.05) is 0 Å². The zero-order chi connectivity index (χ0) is 16.4. The molecule has 4 rings (SSSR count). The Morgan fingerprint density at radius 3 is 1.38 bits per heavy atom. The monoisotopic (exact) mass is 336 g/mol. The van der Waals surface area contributed by atoms with E-state index in [2.05, 4.69) is 0 Å². The summed E-state index contributed by atoms with van der Waals surface area (Å²) in [4.78, 5) is 0. The fourth-order valence-corrected chi connectivity index (χ4v) is 4.82. The topological polar surface area (TPSA) is 35.5 Å². The van der Waals surface area contributed by atoms with E-state index in [4.69, 9.17) is 9.05 Å². The molecule has 1 aliphatic rings. The normalized spacial score (nSPS) is 26.3. The lowest BCUT2D eigenvalue weighted by molar-refractivity contribution is 0.159. The summed E-state index contributed by atoms with van der Waals surface area (Å²) in [6, 6.07) is 28.8.